The van der Waals surface area contributed by atoms with Crippen LogP contribution in [0.4, 0.5) is 0 Å². The maximum atomic E-state index is 12.0. The molecule has 0 spiro atoms. The summed E-state index contributed by atoms with van der Waals surface area (Å²) < 4.78 is 48.5. The third-order valence-electron chi connectivity index (χ3n) is 3.25. The quantitative estimate of drug-likeness (QED) is 0.662. The summed E-state index contributed by atoms with van der Waals surface area (Å²) in [5, 5.41) is 0. The summed E-state index contributed by atoms with van der Waals surface area (Å²) >= 11 is 4.99. The van der Waals surface area contributed by atoms with Crippen molar-refractivity contribution in [2.75, 3.05) is 17.8 Å². The second kappa shape index (κ2) is 6.02. The molecule has 0 aromatic rings. The molecule has 1 aliphatic carbocycles. The van der Waals surface area contributed by atoms with Gasteiger partial charge in [-0.05, 0) is 12.8 Å². The van der Waals surface area contributed by atoms with Crippen LogP contribution in [0.2, 0.25) is 0 Å². The lowest BCUT2D eigenvalue weighted by Gasteiger charge is -2.36. The standard InChI is InChI=1S/C10H20N2O4S3/c1-18(13,14)7-8-19(15,16)12-10(9(11)17)5-3-2-4-6-10/h12H,2-8H2,1H3,(H2,11,17). The highest BCUT2D eigenvalue weighted by Crippen LogP contribution is 2.29. The maximum Gasteiger partial charge on any atom is 0.213 e. The third-order valence-corrected chi connectivity index (χ3v) is 6.29. The van der Waals surface area contributed by atoms with Gasteiger partial charge in [0.1, 0.15) is 9.84 Å². The molecule has 9 heteroatoms. The van der Waals surface area contributed by atoms with Crippen molar-refractivity contribution >= 4 is 37.1 Å². The molecule has 0 radical (unpaired) electrons. The average molecular weight is 328 g/mol. The van der Waals surface area contributed by atoms with E-state index in [0.717, 1.165) is 25.5 Å². The smallest absolute Gasteiger partial charge is 0.213 e. The van der Waals surface area contributed by atoms with Crippen molar-refractivity contribution in [2.45, 2.75) is 37.6 Å². The Morgan fingerprint density at radius 1 is 1.16 bits per heavy atom. The molecule has 0 aliphatic heterocycles. The molecule has 19 heavy (non-hydrogen) atoms. The van der Waals surface area contributed by atoms with Gasteiger partial charge in [-0.25, -0.2) is 21.6 Å². The van der Waals surface area contributed by atoms with Gasteiger partial charge in [-0.3, -0.25) is 0 Å². The summed E-state index contributed by atoms with van der Waals surface area (Å²) in [5.74, 6) is -0.869. The number of nitrogens with two attached hydrogens (primary N) is 1. The molecule has 0 aromatic heterocycles. The fourth-order valence-electron chi connectivity index (χ4n) is 2.16. The predicted octanol–water partition coefficient (Wildman–Crippen LogP) is -0.0606. The lowest BCUT2D eigenvalue weighted by Crippen LogP contribution is -2.58. The van der Waals surface area contributed by atoms with E-state index in [9.17, 15) is 16.8 Å². The molecule has 6 nitrogen and oxygen atoms in total. The molecule has 1 saturated carbocycles. The molecule has 1 aliphatic rings. The maximum absolute atomic E-state index is 12.0. The SMILES string of the molecule is CS(=O)(=O)CCS(=O)(=O)NC1(C(N)=S)CCCCC1. The number of nitrogens with one attached hydrogen (secondary N) is 1. The van der Waals surface area contributed by atoms with Gasteiger partial charge in [0.2, 0.25) is 10.0 Å². The zero-order valence-electron chi connectivity index (χ0n) is 10.9. The highest BCUT2D eigenvalue weighted by molar-refractivity contribution is 7.93. The van der Waals surface area contributed by atoms with Crippen LogP contribution in [0.25, 0.3) is 0 Å². The predicted molar refractivity (Wildman–Crippen MR) is 79.2 cm³/mol. The fourth-order valence-corrected chi connectivity index (χ4v) is 5.58. The second-order valence-electron chi connectivity index (χ2n) is 5.06. The van der Waals surface area contributed by atoms with E-state index < -0.39 is 36.9 Å². The molecular formula is C10H20N2O4S3. The highest BCUT2D eigenvalue weighted by Gasteiger charge is 2.38. The van der Waals surface area contributed by atoms with Crippen LogP contribution in [0.3, 0.4) is 0 Å². The Balaban J connectivity index is 2.81. The summed E-state index contributed by atoms with van der Waals surface area (Å²) in [7, 11) is -7.04. The monoisotopic (exact) mass is 328 g/mol. The minimum atomic E-state index is -3.71. The highest BCUT2D eigenvalue weighted by atomic mass is 32.2. The Kier molecular flexibility index (Phi) is 5.33. The van der Waals surface area contributed by atoms with E-state index in [4.69, 9.17) is 18.0 Å². The van der Waals surface area contributed by atoms with Crippen LogP contribution in [0.1, 0.15) is 32.1 Å². The van der Waals surface area contributed by atoms with E-state index in [1.807, 2.05) is 0 Å². The van der Waals surface area contributed by atoms with Crippen molar-refractivity contribution in [3.8, 4) is 0 Å². The summed E-state index contributed by atoms with van der Waals surface area (Å²) in [6, 6.07) is 0. The summed E-state index contributed by atoms with van der Waals surface area (Å²) in [5.41, 5.74) is 4.79. The molecule has 0 heterocycles. The van der Waals surface area contributed by atoms with E-state index in [-0.39, 0.29) is 4.99 Å². The molecule has 1 rings (SSSR count). The van der Waals surface area contributed by atoms with Crippen LogP contribution < -0.4 is 10.5 Å². The van der Waals surface area contributed by atoms with Crippen molar-refractivity contribution < 1.29 is 16.8 Å². The molecule has 3 N–H and O–H groups in total. The lowest BCUT2D eigenvalue weighted by molar-refractivity contribution is 0.353. The van der Waals surface area contributed by atoms with Crippen LogP contribution in [0.15, 0.2) is 0 Å². The first-order chi connectivity index (χ1) is 8.56. The number of thiocarbonyl (C=S) groups is 1. The Bertz CT molecular complexity index is 533. The van der Waals surface area contributed by atoms with Crippen molar-refractivity contribution in [1.82, 2.24) is 4.72 Å². The van der Waals surface area contributed by atoms with Gasteiger partial charge in [-0.2, -0.15) is 0 Å². The van der Waals surface area contributed by atoms with Gasteiger partial charge in [0.25, 0.3) is 0 Å². The molecular weight excluding hydrogens is 308 g/mol. The van der Waals surface area contributed by atoms with Gasteiger partial charge in [0.15, 0.2) is 0 Å². The first-order valence-corrected chi connectivity index (χ1v) is 10.2. The summed E-state index contributed by atoms with van der Waals surface area (Å²) in [6.07, 6.45) is 4.88. The van der Waals surface area contributed by atoms with E-state index in [2.05, 4.69) is 4.72 Å². The molecule has 0 amide bonds. The molecule has 0 saturated heterocycles. The number of sulfone groups is 1. The first kappa shape index (κ1) is 16.8. The van der Waals surface area contributed by atoms with E-state index in [1.165, 1.54) is 0 Å². The Morgan fingerprint density at radius 2 is 1.68 bits per heavy atom. The average Bonchev–Trinajstić information content (AvgIpc) is 2.26. The number of hydrogen-bond acceptors (Lipinski definition) is 5. The zero-order chi connectivity index (χ0) is 14.7. The first-order valence-electron chi connectivity index (χ1n) is 6.06. The Labute approximate surface area is 120 Å². The Hall–Kier alpha value is -0.250. The zero-order valence-corrected chi connectivity index (χ0v) is 13.3. The van der Waals surface area contributed by atoms with Gasteiger partial charge < -0.3 is 5.73 Å². The summed E-state index contributed by atoms with van der Waals surface area (Å²) in [4.78, 5) is 0.134. The molecule has 0 unspecified atom stereocenters. The van der Waals surface area contributed by atoms with E-state index in [0.29, 0.717) is 12.8 Å². The van der Waals surface area contributed by atoms with Gasteiger partial charge in [-0.15, -0.1) is 0 Å². The topological polar surface area (TPSA) is 106 Å². The Morgan fingerprint density at radius 3 is 2.11 bits per heavy atom. The molecule has 0 bridgehead atoms. The fraction of sp³-hybridized carbons (Fsp3) is 0.900. The van der Waals surface area contributed by atoms with Crippen LogP contribution >= 0.6 is 12.2 Å². The van der Waals surface area contributed by atoms with Crippen LogP contribution in [0.5, 0.6) is 0 Å². The normalized spacial score (nSPS) is 20.1. The van der Waals surface area contributed by atoms with Crippen LogP contribution in [-0.4, -0.2) is 45.1 Å². The lowest BCUT2D eigenvalue weighted by atomic mass is 9.82. The minimum Gasteiger partial charge on any atom is -0.392 e. The van der Waals surface area contributed by atoms with Crippen molar-refractivity contribution in [3.63, 3.8) is 0 Å². The minimum absolute atomic E-state index is 0.134. The molecule has 112 valence electrons. The molecule has 0 atom stereocenters. The second-order valence-corrected chi connectivity index (χ2v) is 9.60. The van der Waals surface area contributed by atoms with Gasteiger partial charge in [0.05, 0.1) is 22.0 Å². The van der Waals surface area contributed by atoms with Crippen molar-refractivity contribution in [3.05, 3.63) is 0 Å². The number of sulfonamides is 1. The van der Waals surface area contributed by atoms with Crippen molar-refractivity contribution in [2.24, 2.45) is 5.73 Å². The van der Waals surface area contributed by atoms with Crippen molar-refractivity contribution in [1.29, 1.82) is 0 Å². The van der Waals surface area contributed by atoms with Crippen LogP contribution in [0, 0.1) is 0 Å². The summed E-state index contributed by atoms with van der Waals surface area (Å²) in [6.45, 7) is 0. The van der Waals surface area contributed by atoms with E-state index in [1.54, 1.807) is 0 Å². The van der Waals surface area contributed by atoms with Gasteiger partial charge >= 0.3 is 0 Å². The molecule has 1 fully saturated rings. The third kappa shape index (κ3) is 5.33. The van der Waals surface area contributed by atoms with Gasteiger partial charge in [-0.1, -0.05) is 31.5 Å². The van der Waals surface area contributed by atoms with E-state index >= 15 is 0 Å². The van der Waals surface area contributed by atoms with Gasteiger partial charge in [0, 0.05) is 6.26 Å². The van der Waals surface area contributed by atoms with Crippen LogP contribution in [-0.2, 0) is 19.9 Å². The number of hydrogen-bond donors (Lipinski definition) is 2. The number of rotatable bonds is 6. The molecule has 0 aromatic carbocycles. The largest absolute Gasteiger partial charge is 0.392 e.